The van der Waals surface area contributed by atoms with Crippen LogP contribution in [0.15, 0.2) is 61.2 Å². The standard InChI is InChI=1S/C16H17N/c1-3-15-11-7-8-12-16(15)17(2)13-14-9-5-4-6-10-14/h3-12H,1,13H2,2H3. The van der Waals surface area contributed by atoms with E-state index >= 15 is 0 Å². The van der Waals surface area contributed by atoms with Crippen LogP contribution >= 0.6 is 0 Å². The molecule has 0 bridgehead atoms. The van der Waals surface area contributed by atoms with Gasteiger partial charge >= 0.3 is 0 Å². The number of rotatable bonds is 4. The van der Waals surface area contributed by atoms with Crippen LogP contribution in [0, 0.1) is 0 Å². The Hall–Kier alpha value is -2.02. The van der Waals surface area contributed by atoms with Crippen LogP contribution < -0.4 is 4.90 Å². The zero-order valence-electron chi connectivity index (χ0n) is 10.1. The summed E-state index contributed by atoms with van der Waals surface area (Å²) in [6, 6.07) is 18.8. The topological polar surface area (TPSA) is 3.24 Å². The van der Waals surface area contributed by atoms with Crippen LogP contribution in [0.25, 0.3) is 6.08 Å². The molecule has 0 atom stereocenters. The first kappa shape index (κ1) is 11.5. The van der Waals surface area contributed by atoms with E-state index in [4.69, 9.17) is 0 Å². The van der Waals surface area contributed by atoms with E-state index in [1.54, 1.807) is 0 Å². The van der Waals surface area contributed by atoms with E-state index in [1.165, 1.54) is 16.8 Å². The van der Waals surface area contributed by atoms with Crippen LogP contribution in [0.1, 0.15) is 11.1 Å². The zero-order valence-corrected chi connectivity index (χ0v) is 10.1. The molecule has 1 heteroatoms. The summed E-state index contributed by atoms with van der Waals surface area (Å²) >= 11 is 0. The highest BCUT2D eigenvalue weighted by atomic mass is 15.1. The largest absolute Gasteiger partial charge is 0.370 e. The second-order valence-electron chi connectivity index (χ2n) is 4.10. The van der Waals surface area contributed by atoms with Crippen molar-refractivity contribution in [3.8, 4) is 0 Å². The molecular weight excluding hydrogens is 206 g/mol. The van der Waals surface area contributed by atoms with Crippen molar-refractivity contribution in [3.05, 3.63) is 72.3 Å². The van der Waals surface area contributed by atoms with Crippen molar-refractivity contribution >= 4 is 11.8 Å². The van der Waals surface area contributed by atoms with Gasteiger partial charge in [-0.1, -0.05) is 61.2 Å². The quantitative estimate of drug-likeness (QED) is 0.758. The first-order chi connectivity index (χ1) is 8.31. The summed E-state index contributed by atoms with van der Waals surface area (Å²) in [6.07, 6.45) is 1.90. The average molecular weight is 223 g/mol. The van der Waals surface area contributed by atoms with Gasteiger partial charge in [0.05, 0.1) is 0 Å². The third kappa shape index (κ3) is 2.76. The van der Waals surface area contributed by atoms with Gasteiger partial charge in [-0.2, -0.15) is 0 Å². The number of para-hydroxylation sites is 1. The predicted octanol–water partition coefficient (Wildman–Crippen LogP) is 3.97. The highest BCUT2D eigenvalue weighted by Crippen LogP contribution is 2.21. The molecule has 0 heterocycles. The molecule has 0 fully saturated rings. The normalized spacial score (nSPS) is 9.94. The van der Waals surface area contributed by atoms with Crippen LogP contribution in [0.3, 0.4) is 0 Å². The molecule has 17 heavy (non-hydrogen) atoms. The SMILES string of the molecule is C=Cc1ccccc1N(C)Cc1ccccc1. The van der Waals surface area contributed by atoms with E-state index in [2.05, 4.69) is 61.0 Å². The van der Waals surface area contributed by atoms with Gasteiger partial charge in [0.2, 0.25) is 0 Å². The molecule has 0 aliphatic carbocycles. The van der Waals surface area contributed by atoms with Crippen molar-refractivity contribution in [2.75, 3.05) is 11.9 Å². The number of anilines is 1. The molecule has 0 aliphatic rings. The van der Waals surface area contributed by atoms with Gasteiger partial charge in [-0.3, -0.25) is 0 Å². The maximum absolute atomic E-state index is 3.85. The lowest BCUT2D eigenvalue weighted by Gasteiger charge is -2.21. The van der Waals surface area contributed by atoms with Crippen molar-refractivity contribution < 1.29 is 0 Å². The number of hydrogen-bond donors (Lipinski definition) is 0. The summed E-state index contributed by atoms with van der Waals surface area (Å²) in [4.78, 5) is 2.24. The third-order valence-corrected chi connectivity index (χ3v) is 2.83. The Morgan fingerprint density at radius 1 is 1.00 bits per heavy atom. The third-order valence-electron chi connectivity index (χ3n) is 2.83. The van der Waals surface area contributed by atoms with Gasteiger partial charge in [-0.25, -0.2) is 0 Å². The minimum atomic E-state index is 0.908. The monoisotopic (exact) mass is 223 g/mol. The molecular formula is C16H17N. The molecule has 2 aromatic rings. The Bertz CT molecular complexity index is 488. The Kier molecular flexibility index (Phi) is 3.61. The molecule has 2 aromatic carbocycles. The van der Waals surface area contributed by atoms with E-state index < -0.39 is 0 Å². The minimum absolute atomic E-state index is 0.908. The van der Waals surface area contributed by atoms with Crippen LogP contribution in [-0.2, 0) is 6.54 Å². The maximum atomic E-state index is 3.85. The fraction of sp³-hybridized carbons (Fsp3) is 0.125. The number of hydrogen-bond acceptors (Lipinski definition) is 1. The van der Waals surface area contributed by atoms with Crippen molar-refractivity contribution in [1.29, 1.82) is 0 Å². The summed E-state index contributed by atoms with van der Waals surface area (Å²) in [5, 5.41) is 0. The van der Waals surface area contributed by atoms with Gasteiger partial charge in [0.25, 0.3) is 0 Å². The molecule has 86 valence electrons. The van der Waals surface area contributed by atoms with Gasteiger partial charge in [-0.05, 0) is 17.2 Å². The van der Waals surface area contributed by atoms with E-state index in [0.29, 0.717) is 0 Å². The van der Waals surface area contributed by atoms with E-state index in [-0.39, 0.29) is 0 Å². The van der Waals surface area contributed by atoms with Crippen LogP contribution in [0.5, 0.6) is 0 Å². The molecule has 0 N–H and O–H groups in total. The van der Waals surface area contributed by atoms with E-state index in [0.717, 1.165) is 6.54 Å². The van der Waals surface area contributed by atoms with Gasteiger partial charge in [0, 0.05) is 19.3 Å². The van der Waals surface area contributed by atoms with Crippen molar-refractivity contribution in [3.63, 3.8) is 0 Å². The van der Waals surface area contributed by atoms with E-state index in [9.17, 15) is 0 Å². The molecule has 0 unspecified atom stereocenters. The summed E-state index contributed by atoms with van der Waals surface area (Å²) in [7, 11) is 2.11. The molecule has 0 spiro atoms. The first-order valence-corrected chi connectivity index (χ1v) is 5.78. The molecule has 0 amide bonds. The summed E-state index contributed by atoms with van der Waals surface area (Å²) in [6.45, 7) is 4.76. The highest BCUT2D eigenvalue weighted by molar-refractivity contribution is 5.66. The highest BCUT2D eigenvalue weighted by Gasteiger charge is 2.04. The number of benzene rings is 2. The summed E-state index contributed by atoms with van der Waals surface area (Å²) < 4.78 is 0. The Labute approximate surface area is 103 Å². The van der Waals surface area contributed by atoms with Crippen molar-refractivity contribution in [2.24, 2.45) is 0 Å². The Morgan fingerprint density at radius 3 is 2.35 bits per heavy atom. The molecule has 1 nitrogen and oxygen atoms in total. The minimum Gasteiger partial charge on any atom is -0.370 e. The molecule has 0 saturated carbocycles. The number of nitrogens with zero attached hydrogens (tertiary/aromatic N) is 1. The van der Waals surface area contributed by atoms with Crippen LogP contribution in [-0.4, -0.2) is 7.05 Å². The smallest absolute Gasteiger partial charge is 0.0440 e. The van der Waals surface area contributed by atoms with Crippen molar-refractivity contribution in [2.45, 2.75) is 6.54 Å². The molecule has 0 radical (unpaired) electrons. The van der Waals surface area contributed by atoms with Crippen LogP contribution in [0.4, 0.5) is 5.69 Å². The second kappa shape index (κ2) is 5.35. The fourth-order valence-corrected chi connectivity index (χ4v) is 1.95. The lowest BCUT2D eigenvalue weighted by molar-refractivity contribution is 0.922. The molecule has 2 rings (SSSR count). The lowest BCUT2D eigenvalue weighted by atomic mass is 10.1. The Morgan fingerprint density at radius 2 is 1.65 bits per heavy atom. The van der Waals surface area contributed by atoms with Crippen LogP contribution in [0.2, 0.25) is 0 Å². The maximum Gasteiger partial charge on any atom is 0.0440 e. The van der Waals surface area contributed by atoms with Gasteiger partial charge in [0.1, 0.15) is 0 Å². The van der Waals surface area contributed by atoms with Gasteiger partial charge in [0.15, 0.2) is 0 Å². The summed E-state index contributed by atoms with van der Waals surface area (Å²) in [5.41, 5.74) is 3.70. The van der Waals surface area contributed by atoms with Crippen molar-refractivity contribution in [1.82, 2.24) is 0 Å². The lowest BCUT2D eigenvalue weighted by Crippen LogP contribution is -2.17. The average Bonchev–Trinajstić information content (AvgIpc) is 2.40. The zero-order chi connectivity index (χ0) is 12.1. The van der Waals surface area contributed by atoms with Gasteiger partial charge in [-0.15, -0.1) is 0 Å². The fourth-order valence-electron chi connectivity index (χ4n) is 1.95. The summed E-state index contributed by atoms with van der Waals surface area (Å²) in [5.74, 6) is 0. The molecule has 0 saturated heterocycles. The second-order valence-corrected chi connectivity index (χ2v) is 4.10. The van der Waals surface area contributed by atoms with Gasteiger partial charge < -0.3 is 4.90 Å². The first-order valence-electron chi connectivity index (χ1n) is 5.78. The Balaban J connectivity index is 2.20. The predicted molar refractivity (Wildman–Crippen MR) is 75.1 cm³/mol. The van der Waals surface area contributed by atoms with E-state index in [1.807, 2.05) is 18.2 Å². The molecule has 0 aliphatic heterocycles. The molecule has 0 aromatic heterocycles.